The van der Waals surface area contributed by atoms with Crippen molar-refractivity contribution in [2.24, 2.45) is 23.7 Å². The van der Waals surface area contributed by atoms with E-state index < -0.39 is 0 Å². The predicted molar refractivity (Wildman–Crippen MR) is 80.4 cm³/mol. The van der Waals surface area contributed by atoms with Crippen molar-refractivity contribution in [1.82, 2.24) is 0 Å². The minimum Gasteiger partial charge on any atom is -0.274 e. The molecule has 1 saturated carbocycles. The van der Waals surface area contributed by atoms with Crippen LogP contribution in [0.5, 0.6) is 0 Å². The largest absolute Gasteiger partial charge is 0.274 e. The van der Waals surface area contributed by atoms with E-state index in [1.54, 1.807) is 0 Å². The summed E-state index contributed by atoms with van der Waals surface area (Å²) in [7, 11) is 0. The Labute approximate surface area is 128 Å². The van der Waals surface area contributed by atoms with Crippen molar-refractivity contribution < 1.29 is 14.0 Å². The van der Waals surface area contributed by atoms with E-state index in [1.807, 2.05) is 13.8 Å². The molecule has 2 aliphatic carbocycles. The molecule has 4 rings (SSSR count). The van der Waals surface area contributed by atoms with Crippen LogP contribution in [-0.4, -0.2) is 11.8 Å². The maximum absolute atomic E-state index is 13.1. The van der Waals surface area contributed by atoms with Crippen LogP contribution in [0, 0.1) is 29.5 Å². The normalized spacial score (nSPS) is 32.1. The molecule has 1 aliphatic heterocycles. The third-order valence-corrected chi connectivity index (χ3v) is 5.08. The number of allylic oxidation sites excluding steroid dienone is 4. The van der Waals surface area contributed by atoms with Crippen molar-refractivity contribution in [3.05, 3.63) is 53.4 Å². The van der Waals surface area contributed by atoms with Gasteiger partial charge in [-0.3, -0.25) is 9.59 Å². The van der Waals surface area contributed by atoms with Crippen LogP contribution in [0.2, 0.25) is 0 Å². The zero-order valence-corrected chi connectivity index (χ0v) is 12.4. The molecule has 1 heterocycles. The molecule has 112 valence electrons. The number of hydrogen-bond acceptors (Lipinski definition) is 2. The van der Waals surface area contributed by atoms with Gasteiger partial charge < -0.3 is 0 Å². The van der Waals surface area contributed by atoms with E-state index in [4.69, 9.17) is 0 Å². The fourth-order valence-corrected chi connectivity index (χ4v) is 4.27. The van der Waals surface area contributed by atoms with E-state index in [-0.39, 0.29) is 41.3 Å². The molecule has 3 aliphatic rings. The van der Waals surface area contributed by atoms with Gasteiger partial charge in [-0.15, -0.1) is 0 Å². The molecule has 2 amide bonds. The molecule has 4 atom stereocenters. The molecular formula is C18H16FNO2. The fourth-order valence-electron chi connectivity index (χ4n) is 4.27. The van der Waals surface area contributed by atoms with Crippen molar-refractivity contribution >= 4 is 17.5 Å². The minimum absolute atomic E-state index is 0.0434. The number of rotatable bonds is 1. The lowest BCUT2D eigenvalue weighted by Crippen LogP contribution is -2.33. The van der Waals surface area contributed by atoms with Crippen molar-refractivity contribution in [2.45, 2.75) is 13.8 Å². The van der Waals surface area contributed by atoms with Crippen LogP contribution in [0.4, 0.5) is 10.1 Å². The Morgan fingerprint density at radius 2 is 1.45 bits per heavy atom. The van der Waals surface area contributed by atoms with Crippen molar-refractivity contribution in [1.29, 1.82) is 0 Å². The topological polar surface area (TPSA) is 37.4 Å². The fraction of sp³-hybridized carbons (Fsp3) is 0.333. The Kier molecular flexibility index (Phi) is 2.68. The second-order valence-electron chi connectivity index (χ2n) is 6.43. The second-order valence-corrected chi connectivity index (χ2v) is 6.43. The van der Waals surface area contributed by atoms with Gasteiger partial charge in [0.15, 0.2) is 0 Å². The summed E-state index contributed by atoms with van der Waals surface area (Å²) < 4.78 is 13.1. The Hall–Kier alpha value is -2.23. The average molecular weight is 297 g/mol. The third-order valence-electron chi connectivity index (χ3n) is 5.08. The van der Waals surface area contributed by atoms with Crippen LogP contribution in [0.3, 0.4) is 0 Å². The van der Waals surface area contributed by atoms with Crippen LogP contribution in [0.1, 0.15) is 13.8 Å². The molecule has 2 bridgehead atoms. The van der Waals surface area contributed by atoms with Gasteiger partial charge in [0.2, 0.25) is 11.8 Å². The van der Waals surface area contributed by atoms with Crippen LogP contribution >= 0.6 is 0 Å². The first kappa shape index (κ1) is 13.4. The molecule has 0 N–H and O–H groups in total. The molecule has 0 unspecified atom stereocenters. The van der Waals surface area contributed by atoms with Gasteiger partial charge in [0.1, 0.15) is 5.82 Å². The summed E-state index contributed by atoms with van der Waals surface area (Å²) in [4.78, 5) is 26.8. The molecule has 0 aromatic heterocycles. The summed E-state index contributed by atoms with van der Waals surface area (Å²) in [6.07, 6.45) is 4.13. The highest BCUT2D eigenvalue weighted by atomic mass is 19.1. The summed E-state index contributed by atoms with van der Waals surface area (Å²) in [5.41, 5.74) is 2.89. The highest BCUT2D eigenvalue weighted by Gasteiger charge is 2.61. The lowest BCUT2D eigenvalue weighted by molar-refractivity contribution is -0.122. The monoisotopic (exact) mass is 297 g/mol. The van der Waals surface area contributed by atoms with E-state index in [0.717, 1.165) is 0 Å². The van der Waals surface area contributed by atoms with Gasteiger partial charge in [-0.1, -0.05) is 23.3 Å². The van der Waals surface area contributed by atoms with Crippen molar-refractivity contribution in [3.8, 4) is 0 Å². The van der Waals surface area contributed by atoms with Gasteiger partial charge in [0.05, 0.1) is 17.5 Å². The lowest BCUT2D eigenvalue weighted by Gasteiger charge is -2.19. The molecule has 0 radical (unpaired) electrons. The van der Waals surface area contributed by atoms with E-state index in [1.165, 1.54) is 40.3 Å². The quantitative estimate of drug-likeness (QED) is 0.590. The zero-order valence-electron chi connectivity index (χ0n) is 12.4. The number of carbonyl (C=O) groups is 2. The first-order chi connectivity index (χ1) is 10.5. The Morgan fingerprint density at radius 3 is 1.91 bits per heavy atom. The number of nitrogens with zero attached hydrogens (tertiary/aromatic N) is 1. The van der Waals surface area contributed by atoms with E-state index in [2.05, 4.69) is 12.2 Å². The SMILES string of the molecule is CC(C)=C1[C@H]2C=C[C@H]1[C@H]1C(=O)N(c3ccc(F)cc3)C(=O)[C@H]12. The molecule has 1 saturated heterocycles. The number of anilines is 1. The second kappa shape index (κ2) is 4.38. The highest BCUT2D eigenvalue weighted by molar-refractivity contribution is 6.23. The first-order valence-corrected chi connectivity index (χ1v) is 7.49. The van der Waals surface area contributed by atoms with Crippen LogP contribution < -0.4 is 4.90 Å². The standard InChI is InChI=1S/C18H16FNO2/c1-9(2)14-12-7-8-13(14)16-15(12)17(21)20(18(16)22)11-5-3-10(19)4-6-11/h3-8,12-13,15-16H,1-2H3/t12-,13-,15-,16+/m1/s1. The number of hydrogen-bond donors (Lipinski definition) is 0. The lowest BCUT2D eigenvalue weighted by atomic mass is 9.85. The number of carbonyl (C=O) groups excluding carboxylic acids is 2. The number of halogens is 1. The molecule has 4 heteroatoms. The Balaban J connectivity index is 1.76. The Morgan fingerprint density at radius 1 is 0.955 bits per heavy atom. The predicted octanol–water partition coefficient (Wildman–Crippen LogP) is 3.08. The van der Waals surface area contributed by atoms with Gasteiger partial charge in [0, 0.05) is 11.8 Å². The van der Waals surface area contributed by atoms with Gasteiger partial charge >= 0.3 is 0 Å². The summed E-state index contributed by atoms with van der Waals surface area (Å²) in [5.74, 6) is -1.19. The number of benzene rings is 1. The highest BCUT2D eigenvalue weighted by Crippen LogP contribution is 2.57. The van der Waals surface area contributed by atoms with Crippen molar-refractivity contribution in [3.63, 3.8) is 0 Å². The number of imide groups is 1. The molecule has 22 heavy (non-hydrogen) atoms. The number of amides is 2. The molecular weight excluding hydrogens is 281 g/mol. The van der Waals surface area contributed by atoms with Crippen LogP contribution in [0.15, 0.2) is 47.6 Å². The van der Waals surface area contributed by atoms with E-state index >= 15 is 0 Å². The summed E-state index contributed by atoms with van der Waals surface area (Å²) in [6.45, 7) is 4.08. The first-order valence-electron chi connectivity index (χ1n) is 7.49. The number of fused-ring (bicyclic) bond motifs is 5. The summed E-state index contributed by atoms with van der Waals surface area (Å²) >= 11 is 0. The zero-order chi connectivity index (χ0) is 15.6. The summed E-state index contributed by atoms with van der Waals surface area (Å²) in [5, 5.41) is 0. The third kappa shape index (κ3) is 1.55. The Bertz CT molecular complexity index is 709. The molecule has 1 aromatic carbocycles. The summed E-state index contributed by atoms with van der Waals surface area (Å²) in [6, 6.07) is 5.53. The van der Waals surface area contributed by atoms with Gasteiger partial charge in [-0.2, -0.15) is 0 Å². The molecule has 1 aromatic rings. The van der Waals surface area contributed by atoms with Crippen molar-refractivity contribution in [2.75, 3.05) is 4.90 Å². The van der Waals surface area contributed by atoms with Crippen LogP contribution in [0.25, 0.3) is 0 Å². The average Bonchev–Trinajstić information content (AvgIpc) is 3.11. The van der Waals surface area contributed by atoms with E-state index in [0.29, 0.717) is 5.69 Å². The molecule has 0 spiro atoms. The molecule has 3 nitrogen and oxygen atoms in total. The van der Waals surface area contributed by atoms with E-state index in [9.17, 15) is 14.0 Å². The van der Waals surface area contributed by atoms with Gasteiger partial charge in [-0.05, 0) is 38.1 Å². The minimum atomic E-state index is -0.378. The van der Waals surface area contributed by atoms with Gasteiger partial charge in [-0.25, -0.2) is 9.29 Å². The maximum atomic E-state index is 13.1. The molecule has 2 fully saturated rings. The smallest absolute Gasteiger partial charge is 0.238 e. The maximum Gasteiger partial charge on any atom is 0.238 e. The van der Waals surface area contributed by atoms with Crippen LogP contribution in [-0.2, 0) is 9.59 Å². The van der Waals surface area contributed by atoms with Gasteiger partial charge in [0.25, 0.3) is 0 Å².